The Labute approximate surface area is 325 Å². The number of allylic oxidation sites excluding steroid dienone is 2. The molecule has 0 radical (unpaired) electrons. The van der Waals surface area contributed by atoms with E-state index in [1.54, 1.807) is 73.8 Å². The highest BCUT2D eigenvalue weighted by Crippen LogP contribution is 2.63. The lowest BCUT2D eigenvalue weighted by Crippen LogP contribution is -2.49. The van der Waals surface area contributed by atoms with Crippen LogP contribution in [0.15, 0.2) is 92.4 Å². The van der Waals surface area contributed by atoms with Gasteiger partial charge >= 0.3 is 11.4 Å². The van der Waals surface area contributed by atoms with Gasteiger partial charge < -0.3 is 9.84 Å². The number of aromatic nitrogens is 5. The Morgan fingerprint density at radius 3 is 2.54 bits per heavy atom. The number of phenols is 1. The average molecular weight is 828 g/mol. The Bertz CT molecular complexity index is 2760. The molecule has 9 rings (SSSR count). The van der Waals surface area contributed by atoms with E-state index < -0.39 is 46.5 Å². The quantitative estimate of drug-likeness (QED) is 0.151. The number of hydrogen-bond acceptors (Lipinski definition) is 8. The van der Waals surface area contributed by atoms with Crippen LogP contribution in [0.1, 0.15) is 36.4 Å². The van der Waals surface area contributed by atoms with Crippen LogP contribution in [0.2, 0.25) is 5.02 Å². The third-order valence-electron chi connectivity index (χ3n) is 11.4. The number of phenolic OH excluding ortho intramolecular Hbond substituents is 1. The summed E-state index contributed by atoms with van der Waals surface area (Å²) in [7, 11) is 3.13. The highest BCUT2D eigenvalue weighted by atomic mass is 79.9. The molecule has 2 amide bonds. The molecule has 1 saturated carbocycles. The zero-order chi connectivity index (χ0) is 38.0. The third-order valence-corrected chi connectivity index (χ3v) is 13.4. The summed E-state index contributed by atoms with van der Waals surface area (Å²) in [5, 5.41) is 18.1. The molecule has 2 fully saturated rings. The Morgan fingerprint density at radius 1 is 1.04 bits per heavy atom. The van der Waals surface area contributed by atoms with Gasteiger partial charge in [0, 0.05) is 38.8 Å². The van der Waals surface area contributed by atoms with Crippen LogP contribution in [0, 0.1) is 18.3 Å². The number of methoxy groups -OCH3 is 1. The minimum Gasteiger partial charge on any atom is -0.504 e. The molecule has 3 aromatic carbocycles. The van der Waals surface area contributed by atoms with Gasteiger partial charge in [0.15, 0.2) is 11.5 Å². The van der Waals surface area contributed by atoms with E-state index in [4.69, 9.17) is 21.4 Å². The fourth-order valence-corrected chi connectivity index (χ4v) is 10.6. The van der Waals surface area contributed by atoms with Crippen molar-refractivity contribution in [2.45, 2.75) is 38.8 Å². The van der Waals surface area contributed by atoms with Crippen LogP contribution in [-0.4, -0.2) is 47.7 Å². The molecule has 15 heteroatoms. The van der Waals surface area contributed by atoms with Crippen molar-refractivity contribution < 1.29 is 19.4 Å². The molecular formula is C39H32BrClN6O6S. The lowest BCUT2D eigenvalue weighted by Gasteiger charge is -2.47. The van der Waals surface area contributed by atoms with Crippen molar-refractivity contribution in [2.24, 2.45) is 18.4 Å². The van der Waals surface area contributed by atoms with E-state index in [-0.39, 0.29) is 24.5 Å². The van der Waals surface area contributed by atoms with Gasteiger partial charge in [-0.15, -0.1) is 11.3 Å². The molecule has 0 bridgehead atoms. The minimum absolute atomic E-state index is 0.0412. The van der Waals surface area contributed by atoms with Gasteiger partial charge in [0.2, 0.25) is 11.8 Å². The predicted octanol–water partition coefficient (Wildman–Crippen LogP) is 6.72. The highest BCUT2D eigenvalue weighted by Gasteiger charge is 2.66. The first-order valence-electron chi connectivity index (χ1n) is 17.2. The summed E-state index contributed by atoms with van der Waals surface area (Å²) in [6.07, 6.45) is 1.91. The van der Waals surface area contributed by atoms with E-state index in [0.29, 0.717) is 37.8 Å². The number of aryl methyl sites for hydroxylation is 2. The number of thiophene rings is 1. The summed E-state index contributed by atoms with van der Waals surface area (Å²) >= 11 is 11.4. The molecule has 2 aliphatic heterocycles. The number of amides is 2. The Kier molecular flexibility index (Phi) is 7.79. The van der Waals surface area contributed by atoms with Gasteiger partial charge in [-0.3, -0.25) is 14.3 Å². The maximum atomic E-state index is 15.2. The van der Waals surface area contributed by atoms with Crippen LogP contribution < -0.4 is 21.0 Å². The molecule has 3 aliphatic rings. The fraction of sp³-hybridized carbons (Fsp3) is 0.256. The predicted molar refractivity (Wildman–Crippen MR) is 209 cm³/mol. The van der Waals surface area contributed by atoms with Crippen molar-refractivity contribution in [3.8, 4) is 27.8 Å². The molecule has 12 nitrogen and oxygen atoms in total. The lowest BCUT2D eigenvalue weighted by molar-refractivity contribution is -0.129. The van der Waals surface area contributed by atoms with Gasteiger partial charge in [-0.2, -0.15) is 5.10 Å². The van der Waals surface area contributed by atoms with E-state index >= 15 is 4.79 Å². The second-order valence-electron chi connectivity index (χ2n) is 14.1. The van der Waals surface area contributed by atoms with E-state index in [1.807, 2.05) is 31.2 Å². The summed E-state index contributed by atoms with van der Waals surface area (Å²) in [5.41, 5.74) is 0.483. The van der Waals surface area contributed by atoms with Gasteiger partial charge in [0.05, 0.1) is 41.6 Å². The highest BCUT2D eigenvalue weighted by molar-refractivity contribution is 9.10. The second kappa shape index (κ2) is 12.2. The standard InChI is InChI=1S/C39H32BrClN6O6S/c1-19-24-16-21(41)10-11-30(24)54-34(19)27-18-31(43(3)42-27)46-35(49)26-17-28-23(12-13-44-37(51)45(38(52)47(28)44)22-8-6-5-7-9-22)32(39(26,2)36(46)50)25-14-20(40)15-29(53-4)33(25)48/h5-12,14-16,18,26,28,32,48H,13,17H2,1-4H3/t26-,28+,32+,39+/m0/s1. The normalized spacial score (nSPS) is 22.0. The third kappa shape index (κ3) is 4.69. The number of aromatic hydroxyl groups is 1. The SMILES string of the molecule is COc1cc(Br)cc([C@H]2C3=CCn4c(=O)n(-c5ccccc5)c(=O)n4[C@@H]3C[C@H]3C(=O)N(c4cc(-c5sc6ccc(Cl)cc6c5C)nn4C)C(=O)[C@@]23C)c1O. The molecule has 0 unspecified atom stereocenters. The van der Waals surface area contributed by atoms with Crippen molar-refractivity contribution in [3.05, 3.63) is 120 Å². The van der Waals surface area contributed by atoms with E-state index in [9.17, 15) is 19.5 Å². The monoisotopic (exact) mass is 826 g/mol. The van der Waals surface area contributed by atoms with Crippen LogP contribution in [-0.2, 0) is 23.2 Å². The van der Waals surface area contributed by atoms with Crippen LogP contribution in [0.5, 0.6) is 11.5 Å². The molecule has 54 heavy (non-hydrogen) atoms. The largest absolute Gasteiger partial charge is 0.504 e. The number of hydrogen-bond donors (Lipinski definition) is 1. The van der Waals surface area contributed by atoms with Gasteiger partial charge in [-0.1, -0.05) is 51.8 Å². The molecule has 1 aliphatic carbocycles. The summed E-state index contributed by atoms with van der Waals surface area (Å²) in [6.45, 7) is 3.79. The first-order valence-corrected chi connectivity index (χ1v) is 19.2. The molecule has 1 N–H and O–H groups in total. The van der Waals surface area contributed by atoms with Crippen molar-refractivity contribution >= 4 is 66.6 Å². The Balaban J connectivity index is 1.22. The number of para-hydroxylation sites is 1. The maximum absolute atomic E-state index is 15.2. The number of ether oxygens (including phenoxy) is 1. The molecule has 3 aromatic heterocycles. The van der Waals surface area contributed by atoms with Gasteiger partial charge in [0.25, 0.3) is 0 Å². The van der Waals surface area contributed by atoms with E-state index in [2.05, 4.69) is 15.9 Å². The molecule has 4 atom stereocenters. The summed E-state index contributed by atoms with van der Waals surface area (Å²) in [5.74, 6) is -2.50. The van der Waals surface area contributed by atoms with Crippen molar-refractivity contribution in [1.29, 1.82) is 0 Å². The molecule has 274 valence electrons. The van der Waals surface area contributed by atoms with Crippen LogP contribution in [0.25, 0.3) is 26.3 Å². The first-order chi connectivity index (χ1) is 25.8. The number of imide groups is 1. The zero-order valence-corrected chi connectivity index (χ0v) is 32.6. The average Bonchev–Trinajstić information content (AvgIpc) is 3.83. The number of halogens is 2. The minimum atomic E-state index is -1.43. The molecule has 0 spiro atoms. The summed E-state index contributed by atoms with van der Waals surface area (Å²) in [4.78, 5) is 60.2. The smallest absolute Gasteiger partial charge is 0.352 e. The molecule has 5 heterocycles. The number of benzene rings is 3. The number of fused-ring (bicyclic) bond motifs is 5. The van der Waals surface area contributed by atoms with Gasteiger partial charge in [0.1, 0.15) is 11.5 Å². The summed E-state index contributed by atoms with van der Waals surface area (Å²) < 4.78 is 12.6. The van der Waals surface area contributed by atoms with Crippen LogP contribution in [0.3, 0.4) is 0 Å². The van der Waals surface area contributed by atoms with Gasteiger partial charge in [-0.05, 0) is 79.3 Å². The number of nitrogens with zero attached hydrogens (tertiary/aromatic N) is 6. The summed E-state index contributed by atoms with van der Waals surface area (Å²) in [6, 6.07) is 18.7. The molecule has 1 saturated heterocycles. The topological polar surface area (TPSA) is 134 Å². The first kappa shape index (κ1) is 34.6. The Hall–Kier alpha value is -5.18. The zero-order valence-electron chi connectivity index (χ0n) is 29.4. The number of carbonyl (C=O) groups excluding carboxylic acids is 2. The van der Waals surface area contributed by atoms with Crippen LogP contribution >= 0.6 is 38.9 Å². The number of rotatable bonds is 5. The Morgan fingerprint density at radius 2 is 1.80 bits per heavy atom. The maximum Gasteiger partial charge on any atom is 0.352 e. The van der Waals surface area contributed by atoms with E-state index in [1.165, 1.54) is 26.1 Å². The van der Waals surface area contributed by atoms with E-state index in [0.717, 1.165) is 25.1 Å². The van der Waals surface area contributed by atoms with Crippen molar-refractivity contribution in [1.82, 2.24) is 23.7 Å². The van der Waals surface area contributed by atoms with Crippen molar-refractivity contribution in [2.75, 3.05) is 12.0 Å². The molecular weight excluding hydrogens is 796 g/mol. The number of anilines is 1. The molecule has 6 aromatic rings. The second-order valence-corrected chi connectivity index (χ2v) is 16.5. The lowest BCUT2D eigenvalue weighted by atomic mass is 9.56. The van der Waals surface area contributed by atoms with Crippen LogP contribution in [0.4, 0.5) is 5.82 Å². The van der Waals surface area contributed by atoms with Crippen molar-refractivity contribution in [3.63, 3.8) is 0 Å². The number of carbonyl (C=O) groups is 2. The van der Waals surface area contributed by atoms with Gasteiger partial charge in [-0.25, -0.2) is 28.4 Å². The fourth-order valence-electron chi connectivity index (χ4n) is 8.82.